The standard InChI is InChI=1S/C16H13OSi/c1-11(17-18)15-8-4-7-14-9-12-5-2-3-6-13(12)10-16(14)15/h2-11H,1H3. The molecule has 0 saturated carbocycles. The molecule has 0 aliphatic carbocycles. The quantitative estimate of drug-likeness (QED) is 0.489. The summed E-state index contributed by atoms with van der Waals surface area (Å²) in [6, 6.07) is 19.2. The van der Waals surface area contributed by atoms with Crippen molar-refractivity contribution in [3.63, 3.8) is 0 Å². The van der Waals surface area contributed by atoms with Gasteiger partial charge in [-0.05, 0) is 46.2 Å². The summed E-state index contributed by atoms with van der Waals surface area (Å²) in [7, 11) is 3.14. The van der Waals surface area contributed by atoms with Crippen LogP contribution in [0.5, 0.6) is 0 Å². The Morgan fingerprint density at radius 3 is 2.28 bits per heavy atom. The highest BCUT2D eigenvalue weighted by atomic mass is 28.2. The van der Waals surface area contributed by atoms with Crippen LogP contribution in [0.4, 0.5) is 0 Å². The predicted molar refractivity (Wildman–Crippen MR) is 76.7 cm³/mol. The lowest BCUT2D eigenvalue weighted by Crippen LogP contribution is -1.97. The Hall–Kier alpha value is -1.64. The van der Waals surface area contributed by atoms with Gasteiger partial charge in [-0.1, -0.05) is 42.5 Å². The molecule has 0 aliphatic rings. The van der Waals surface area contributed by atoms with Gasteiger partial charge < -0.3 is 4.43 Å². The zero-order valence-electron chi connectivity index (χ0n) is 10.2. The molecule has 0 saturated heterocycles. The molecule has 3 rings (SSSR count). The van der Waals surface area contributed by atoms with Gasteiger partial charge in [0.05, 0.1) is 6.10 Å². The normalized spacial score (nSPS) is 13.0. The maximum Gasteiger partial charge on any atom is 0.247 e. The number of hydrogen-bond donors (Lipinski definition) is 0. The van der Waals surface area contributed by atoms with Gasteiger partial charge in [0, 0.05) is 0 Å². The summed E-state index contributed by atoms with van der Waals surface area (Å²) in [5.74, 6) is 0. The van der Waals surface area contributed by atoms with Gasteiger partial charge in [-0.3, -0.25) is 0 Å². The molecule has 0 spiro atoms. The van der Waals surface area contributed by atoms with E-state index in [9.17, 15) is 0 Å². The van der Waals surface area contributed by atoms with Crippen molar-refractivity contribution in [3.8, 4) is 0 Å². The molecule has 1 nitrogen and oxygen atoms in total. The Labute approximate surface area is 110 Å². The summed E-state index contributed by atoms with van der Waals surface area (Å²) in [6.07, 6.45) is 0.0338. The van der Waals surface area contributed by atoms with Crippen molar-refractivity contribution in [2.75, 3.05) is 0 Å². The van der Waals surface area contributed by atoms with Crippen molar-refractivity contribution in [1.29, 1.82) is 0 Å². The Balaban J connectivity index is 2.36. The summed E-state index contributed by atoms with van der Waals surface area (Å²) in [5, 5.41) is 5.04. The van der Waals surface area contributed by atoms with Crippen LogP contribution in [0.1, 0.15) is 18.6 Å². The number of hydrogen-bond acceptors (Lipinski definition) is 1. The van der Waals surface area contributed by atoms with Gasteiger partial charge in [0.25, 0.3) is 0 Å². The summed E-state index contributed by atoms with van der Waals surface area (Å²) >= 11 is 0. The first-order valence-corrected chi connectivity index (χ1v) is 6.44. The molecule has 1 atom stereocenters. The van der Waals surface area contributed by atoms with E-state index < -0.39 is 0 Å². The van der Waals surface area contributed by atoms with Gasteiger partial charge in [-0.15, -0.1) is 0 Å². The summed E-state index contributed by atoms with van der Waals surface area (Å²) in [6.45, 7) is 2.04. The van der Waals surface area contributed by atoms with Gasteiger partial charge in [0.15, 0.2) is 0 Å². The summed E-state index contributed by atoms with van der Waals surface area (Å²) < 4.78 is 5.26. The highest BCUT2D eigenvalue weighted by Crippen LogP contribution is 2.29. The molecule has 0 amide bonds. The molecule has 2 heteroatoms. The average molecular weight is 249 g/mol. The van der Waals surface area contributed by atoms with E-state index >= 15 is 0 Å². The molecule has 0 fully saturated rings. The Morgan fingerprint density at radius 2 is 1.56 bits per heavy atom. The first kappa shape index (κ1) is 11.4. The van der Waals surface area contributed by atoms with Crippen LogP contribution in [0, 0.1) is 0 Å². The Kier molecular flexibility index (Phi) is 2.90. The zero-order valence-corrected chi connectivity index (χ0v) is 11.2. The fourth-order valence-corrected chi connectivity index (χ4v) is 2.54. The Bertz CT molecular complexity index is 706. The monoisotopic (exact) mass is 249 g/mol. The number of fused-ring (bicyclic) bond motifs is 2. The molecule has 87 valence electrons. The van der Waals surface area contributed by atoms with Crippen LogP contribution in [-0.2, 0) is 4.43 Å². The molecule has 0 aromatic heterocycles. The van der Waals surface area contributed by atoms with Crippen molar-refractivity contribution in [3.05, 3.63) is 60.2 Å². The van der Waals surface area contributed by atoms with Crippen LogP contribution in [0.25, 0.3) is 21.5 Å². The maximum atomic E-state index is 5.26. The SMILES string of the molecule is CC(O[Si])c1cccc2cc3ccccc3cc12. The Morgan fingerprint density at radius 1 is 0.889 bits per heavy atom. The van der Waals surface area contributed by atoms with Gasteiger partial charge in [-0.2, -0.15) is 0 Å². The fraction of sp³-hybridized carbons (Fsp3) is 0.125. The lowest BCUT2D eigenvalue weighted by atomic mass is 9.97. The molecular weight excluding hydrogens is 236 g/mol. The topological polar surface area (TPSA) is 9.23 Å². The molecule has 3 radical (unpaired) electrons. The van der Waals surface area contributed by atoms with E-state index in [0.29, 0.717) is 0 Å². The lowest BCUT2D eigenvalue weighted by molar-refractivity contribution is 0.252. The second-order valence-corrected chi connectivity index (χ2v) is 4.76. The summed E-state index contributed by atoms with van der Waals surface area (Å²) in [4.78, 5) is 0. The minimum absolute atomic E-state index is 0.0338. The highest BCUT2D eigenvalue weighted by molar-refractivity contribution is 6.00. The largest absolute Gasteiger partial charge is 0.412 e. The van der Waals surface area contributed by atoms with Gasteiger partial charge in [-0.25, -0.2) is 0 Å². The highest BCUT2D eigenvalue weighted by Gasteiger charge is 2.08. The van der Waals surface area contributed by atoms with E-state index in [1.165, 1.54) is 27.1 Å². The third kappa shape index (κ3) is 1.84. The van der Waals surface area contributed by atoms with Crippen LogP contribution in [0.2, 0.25) is 0 Å². The third-order valence-corrected chi connectivity index (χ3v) is 3.75. The number of benzene rings is 3. The van der Waals surface area contributed by atoms with Crippen LogP contribution >= 0.6 is 0 Å². The maximum absolute atomic E-state index is 5.26. The first-order valence-electron chi connectivity index (χ1n) is 6.03. The van der Waals surface area contributed by atoms with Crippen LogP contribution < -0.4 is 0 Å². The van der Waals surface area contributed by atoms with Crippen LogP contribution in [0.15, 0.2) is 54.6 Å². The molecule has 0 bridgehead atoms. The van der Waals surface area contributed by atoms with E-state index in [4.69, 9.17) is 4.43 Å². The van der Waals surface area contributed by atoms with Crippen LogP contribution in [0.3, 0.4) is 0 Å². The minimum atomic E-state index is 0.0338. The number of rotatable bonds is 2. The zero-order chi connectivity index (χ0) is 12.5. The second-order valence-electron chi connectivity index (χ2n) is 4.53. The van der Waals surface area contributed by atoms with Crippen molar-refractivity contribution in [2.24, 2.45) is 0 Å². The molecule has 0 heterocycles. The van der Waals surface area contributed by atoms with Crippen molar-refractivity contribution >= 4 is 32.0 Å². The second kappa shape index (κ2) is 4.56. The molecule has 0 N–H and O–H groups in total. The smallest absolute Gasteiger partial charge is 0.247 e. The molecule has 3 aromatic carbocycles. The summed E-state index contributed by atoms with van der Waals surface area (Å²) in [5.41, 5.74) is 1.20. The van der Waals surface area contributed by atoms with E-state index in [-0.39, 0.29) is 6.10 Å². The lowest BCUT2D eigenvalue weighted by Gasteiger charge is -2.14. The molecule has 18 heavy (non-hydrogen) atoms. The third-order valence-electron chi connectivity index (χ3n) is 3.40. The van der Waals surface area contributed by atoms with E-state index in [2.05, 4.69) is 65.1 Å². The van der Waals surface area contributed by atoms with Crippen molar-refractivity contribution in [2.45, 2.75) is 13.0 Å². The molecular formula is C16H13OSi. The van der Waals surface area contributed by atoms with E-state index in [1.807, 2.05) is 6.92 Å². The average Bonchev–Trinajstić information content (AvgIpc) is 2.43. The van der Waals surface area contributed by atoms with Gasteiger partial charge >= 0.3 is 0 Å². The van der Waals surface area contributed by atoms with Crippen molar-refractivity contribution < 1.29 is 4.43 Å². The van der Waals surface area contributed by atoms with Gasteiger partial charge in [0.1, 0.15) is 0 Å². The molecule has 3 aromatic rings. The predicted octanol–water partition coefficient (Wildman–Crippen LogP) is 4.15. The minimum Gasteiger partial charge on any atom is -0.412 e. The molecule has 0 aliphatic heterocycles. The first-order chi connectivity index (χ1) is 8.79. The van der Waals surface area contributed by atoms with E-state index in [0.717, 1.165) is 0 Å². The van der Waals surface area contributed by atoms with Crippen molar-refractivity contribution in [1.82, 2.24) is 0 Å². The van der Waals surface area contributed by atoms with E-state index in [1.54, 1.807) is 0 Å². The fourth-order valence-electron chi connectivity index (χ4n) is 2.41. The molecule has 1 unspecified atom stereocenters. The van der Waals surface area contributed by atoms with Crippen LogP contribution in [-0.4, -0.2) is 10.5 Å². The van der Waals surface area contributed by atoms with Gasteiger partial charge in [0.2, 0.25) is 10.5 Å².